The van der Waals surface area contributed by atoms with E-state index < -0.39 is 0 Å². The minimum atomic E-state index is -0.293. The Balaban J connectivity index is 1.93. The van der Waals surface area contributed by atoms with Gasteiger partial charge in [-0.05, 0) is 49.4 Å². The average molecular weight is 237 g/mol. The van der Waals surface area contributed by atoms with Crippen molar-refractivity contribution >= 4 is 0 Å². The molecule has 3 unspecified atom stereocenters. The largest absolute Gasteiger partial charge is 0.494 e. The molecule has 0 heterocycles. The number of halogens is 1. The van der Waals surface area contributed by atoms with Crippen LogP contribution in [-0.4, -0.2) is 13.7 Å². The number of ether oxygens (including phenoxy) is 1. The van der Waals surface area contributed by atoms with E-state index in [2.05, 4.69) is 19.2 Å². The summed E-state index contributed by atoms with van der Waals surface area (Å²) in [4.78, 5) is 0. The van der Waals surface area contributed by atoms with E-state index in [1.165, 1.54) is 13.5 Å². The molecule has 1 aromatic rings. The van der Waals surface area contributed by atoms with Gasteiger partial charge >= 0.3 is 0 Å². The second-order valence-electron chi connectivity index (χ2n) is 5.00. The molecule has 1 saturated carbocycles. The first-order valence-corrected chi connectivity index (χ1v) is 6.18. The third kappa shape index (κ3) is 2.97. The quantitative estimate of drug-likeness (QED) is 0.849. The smallest absolute Gasteiger partial charge is 0.165 e. The topological polar surface area (TPSA) is 21.3 Å². The first-order chi connectivity index (χ1) is 8.11. The highest BCUT2D eigenvalue weighted by atomic mass is 19.1. The van der Waals surface area contributed by atoms with E-state index in [-0.39, 0.29) is 11.9 Å². The van der Waals surface area contributed by atoms with E-state index in [1.54, 1.807) is 12.1 Å². The van der Waals surface area contributed by atoms with Crippen LogP contribution in [0.3, 0.4) is 0 Å². The summed E-state index contributed by atoms with van der Waals surface area (Å²) in [6.07, 6.45) is 1.32. The molecule has 2 nitrogen and oxygen atoms in total. The third-order valence-electron chi connectivity index (χ3n) is 3.64. The van der Waals surface area contributed by atoms with Crippen molar-refractivity contribution in [2.24, 2.45) is 11.8 Å². The van der Waals surface area contributed by atoms with Crippen molar-refractivity contribution in [2.75, 3.05) is 13.7 Å². The van der Waals surface area contributed by atoms with Crippen LogP contribution in [0.4, 0.5) is 4.39 Å². The summed E-state index contributed by atoms with van der Waals surface area (Å²) in [6.45, 7) is 5.36. The second-order valence-corrected chi connectivity index (χ2v) is 5.00. The molecule has 0 aliphatic heterocycles. The molecular formula is C14H20FNO. The lowest BCUT2D eigenvalue weighted by Crippen LogP contribution is -2.21. The maximum atomic E-state index is 13.5. The standard InChI is InChI=1S/C14H20FNO/c1-9-6-12(9)8-16-10(2)11-4-5-14(17-3)13(15)7-11/h4-5,7,9-10,12,16H,6,8H2,1-3H3. The Kier molecular flexibility index (Phi) is 3.67. The predicted molar refractivity (Wildman–Crippen MR) is 66.6 cm³/mol. The zero-order valence-electron chi connectivity index (χ0n) is 10.7. The lowest BCUT2D eigenvalue weighted by molar-refractivity contribution is 0.385. The van der Waals surface area contributed by atoms with Gasteiger partial charge in [-0.15, -0.1) is 0 Å². The van der Waals surface area contributed by atoms with Gasteiger partial charge in [0.05, 0.1) is 7.11 Å². The van der Waals surface area contributed by atoms with Gasteiger partial charge in [0, 0.05) is 6.04 Å². The minimum Gasteiger partial charge on any atom is -0.494 e. The first kappa shape index (κ1) is 12.4. The van der Waals surface area contributed by atoms with Crippen LogP contribution in [0.5, 0.6) is 5.75 Å². The Hall–Kier alpha value is -1.09. The van der Waals surface area contributed by atoms with Crippen LogP contribution in [0.15, 0.2) is 18.2 Å². The molecule has 1 aliphatic carbocycles. The zero-order chi connectivity index (χ0) is 12.4. The molecular weight excluding hydrogens is 217 g/mol. The van der Waals surface area contributed by atoms with Gasteiger partial charge in [-0.25, -0.2) is 4.39 Å². The SMILES string of the molecule is COc1ccc(C(C)NCC2CC2C)cc1F. The van der Waals surface area contributed by atoms with Crippen LogP contribution in [-0.2, 0) is 0 Å². The normalized spacial score (nSPS) is 24.5. The highest BCUT2D eigenvalue weighted by Gasteiger charge is 2.32. The van der Waals surface area contributed by atoms with Crippen LogP contribution in [0.1, 0.15) is 31.9 Å². The average Bonchev–Trinajstić information content (AvgIpc) is 3.02. The number of rotatable bonds is 5. The summed E-state index contributed by atoms with van der Waals surface area (Å²) in [5.41, 5.74) is 0.969. The van der Waals surface area contributed by atoms with Crippen molar-refractivity contribution in [3.63, 3.8) is 0 Å². The molecule has 0 aromatic heterocycles. The van der Waals surface area contributed by atoms with Crippen LogP contribution >= 0.6 is 0 Å². The van der Waals surface area contributed by atoms with Gasteiger partial charge in [0.1, 0.15) is 0 Å². The van der Waals surface area contributed by atoms with Crippen molar-refractivity contribution in [1.29, 1.82) is 0 Å². The molecule has 1 aromatic carbocycles. The second kappa shape index (κ2) is 5.05. The van der Waals surface area contributed by atoms with Gasteiger partial charge in [0.25, 0.3) is 0 Å². The van der Waals surface area contributed by atoms with E-state index in [0.29, 0.717) is 5.75 Å². The Morgan fingerprint density at radius 1 is 1.53 bits per heavy atom. The Bertz CT molecular complexity index is 394. The minimum absolute atomic E-state index is 0.184. The van der Waals surface area contributed by atoms with E-state index >= 15 is 0 Å². The van der Waals surface area contributed by atoms with Gasteiger partial charge in [-0.1, -0.05) is 13.0 Å². The fourth-order valence-electron chi connectivity index (χ4n) is 2.08. The number of benzene rings is 1. The molecule has 1 N–H and O–H groups in total. The fraction of sp³-hybridized carbons (Fsp3) is 0.571. The highest BCUT2D eigenvalue weighted by molar-refractivity contribution is 5.30. The molecule has 94 valence electrons. The number of methoxy groups -OCH3 is 1. The first-order valence-electron chi connectivity index (χ1n) is 6.18. The molecule has 1 fully saturated rings. The van der Waals surface area contributed by atoms with Gasteiger partial charge in [-0.2, -0.15) is 0 Å². The Labute approximate surface area is 102 Å². The number of hydrogen-bond donors (Lipinski definition) is 1. The lowest BCUT2D eigenvalue weighted by Gasteiger charge is -2.15. The molecule has 0 bridgehead atoms. The molecule has 0 radical (unpaired) electrons. The fourth-order valence-corrected chi connectivity index (χ4v) is 2.08. The van der Waals surface area contributed by atoms with Crippen LogP contribution in [0.2, 0.25) is 0 Å². The van der Waals surface area contributed by atoms with Crippen LogP contribution in [0, 0.1) is 17.7 Å². The maximum Gasteiger partial charge on any atom is 0.165 e. The molecule has 1 aliphatic rings. The molecule has 17 heavy (non-hydrogen) atoms. The molecule has 3 heteroatoms. The van der Waals surface area contributed by atoms with E-state index in [9.17, 15) is 4.39 Å². The van der Waals surface area contributed by atoms with Gasteiger partial charge in [0.2, 0.25) is 0 Å². The Morgan fingerprint density at radius 3 is 2.76 bits per heavy atom. The summed E-state index contributed by atoms with van der Waals surface area (Å²) in [5, 5.41) is 3.45. The summed E-state index contributed by atoms with van der Waals surface area (Å²) >= 11 is 0. The number of nitrogens with one attached hydrogen (secondary N) is 1. The van der Waals surface area contributed by atoms with E-state index in [0.717, 1.165) is 23.9 Å². The zero-order valence-corrected chi connectivity index (χ0v) is 10.7. The Morgan fingerprint density at radius 2 is 2.24 bits per heavy atom. The summed E-state index contributed by atoms with van der Waals surface area (Å²) in [6, 6.07) is 5.33. The number of hydrogen-bond acceptors (Lipinski definition) is 2. The lowest BCUT2D eigenvalue weighted by atomic mass is 10.1. The summed E-state index contributed by atoms with van der Waals surface area (Å²) < 4.78 is 18.4. The summed E-state index contributed by atoms with van der Waals surface area (Å²) in [5.74, 6) is 1.66. The van der Waals surface area contributed by atoms with E-state index in [4.69, 9.17) is 4.74 Å². The van der Waals surface area contributed by atoms with Gasteiger partial charge in [0.15, 0.2) is 11.6 Å². The molecule has 0 spiro atoms. The van der Waals surface area contributed by atoms with Crippen LogP contribution in [0.25, 0.3) is 0 Å². The van der Waals surface area contributed by atoms with Crippen molar-refractivity contribution in [1.82, 2.24) is 5.32 Å². The summed E-state index contributed by atoms with van der Waals surface area (Å²) in [7, 11) is 1.48. The van der Waals surface area contributed by atoms with Crippen molar-refractivity contribution < 1.29 is 9.13 Å². The predicted octanol–water partition coefficient (Wildman–Crippen LogP) is 3.14. The van der Waals surface area contributed by atoms with Crippen molar-refractivity contribution in [3.05, 3.63) is 29.6 Å². The highest BCUT2D eigenvalue weighted by Crippen LogP contribution is 2.37. The molecule has 3 atom stereocenters. The third-order valence-corrected chi connectivity index (χ3v) is 3.64. The van der Waals surface area contributed by atoms with Gasteiger partial charge < -0.3 is 10.1 Å². The maximum absolute atomic E-state index is 13.5. The molecule has 0 amide bonds. The van der Waals surface area contributed by atoms with Crippen molar-refractivity contribution in [2.45, 2.75) is 26.3 Å². The van der Waals surface area contributed by atoms with Crippen LogP contribution < -0.4 is 10.1 Å². The van der Waals surface area contributed by atoms with Crippen molar-refractivity contribution in [3.8, 4) is 5.75 Å². The molecule has 2 rings (SSSR count). The molecule has 0 saturated heterocycles. The van der Waals surface area contributed by atoms with E-state index in [1.807, 2.05) is 6.07 Å². The van der Waals surface area contributed by atoms with Gasteiger partial charge in [-0.3, -0.25) is 0 Å². The monoisotopic (exact) mass is 237 g/mol.